The lowest BCUT2D eigenvalue weighted by atomic mass is 9.88. The van der Waals surface area contributed by atoms with Crippen molar-refractivity contribution in [3.8, 4) is 0 Å². The van der Waals surface area contributed by atoms with Crippen molar-refractivity contribution in [3.05, 3.63) is 52.4 Å². The molecule has 2 heterocycles. The zero-order chi connectivity index (χ0) is 24.5. The predicted molar refractivity (Wildman–Crippen MR) is 128 cm³/mol. The van der Waals surface area contributed by atoms with E-state index in [9.17, 15) is 15.0 Å². The van der Waals surface area contributed by atoms with Crippen LogP contribution >= 0.6 is 11.6 Å². The van der Waals surface area contributed by atoms with E-state index in [-0.39, 0.29) is 29.8 Å². The molecule has 182 valence electrons. The Bertz CT molecular complexity index is 938. The van der Waals surface area contributed by atoms with Crippen LogP contribution in [0.4, 0.5) is 0 Å². The fourth-order valence-corrected chi connectivity index (χ4v) is 4.44. The molecule has 5 atom stereocenters. The second kappa shape index (κ2) is 10.1. The molecule has 1 aliphatic rings. The van der Waals surface area contributed by atoms with E-state index in [0.717, 1.165) is 11.3 Å². The van der Waals surface area contributed by atoms with Gasteiger partial charge >= 0.3 is 0 Å². The van der Waals surface area contributed by atoms with Crippen LogP contribution in [-0.2, 0) is 10.2 Å². The zero-order valence-corrected chi connectivity index (χ0v) is 21.0. The van der Waals surface area contributed by atoms with Crippen LogP contribution in [0.3, 0.4) is 0 Å². The quantitative estimate of drug-likeness (QED) is 0.521. The number of β-amino-alcohol motifs (C(OH)–C–C–N with tert-alkyl or cyclic N) is 1. The normalized spacial score (nSPS) is 21.9. The van der Waals surface area contributed by atoms with E-state index < -0.39 is 24.3 Å². The Morgan fingerprint density at radius 1 is 1.24 bits per heavy atom. The molecule has 3 rings (SSSR count). The molecule has 7 nitrogen and oxygen atoms in total. The average Bonchev–Trinajstić information content (AvgIpc) is 3.35. The highest BCUT2D eigenvalue weighted by Crippen LogP contribution is 2.34. The van der Waals surface area contributed by atoms with E-state index in [0.29, 0.717) is 17.2 Å². The minimum atomic E-state index is -1.01. The molecule has 1 aliphatic heterocycles. The van der Waals surface area contributed by atoms with Crippen molar-refractivity contribution in [2.45, 2.75) is 83.7 Å². The number of likely N-dealkylation sites (tertiary alicyclic amines) is 1. The summed E-state index contributed by atoms with van der Waals surface area (Å²) in [5.41, 5.74) is 1.55. The molecule has 1 aromatic heterocycles. The summed E-state index contributed by atoms with van der Waals surface area (Å²) in [6.45, 7) is 12.1. The van der Waals surface area contributed by atoms with Crippen molar-refractivity contribution in [3.63, 3.8) is 0 Å². The standard InChI is InChI=1S/C25H36ClN3O4/c1-14(2)22(20-12-21(28-33-20)25(4,5)6)24(32)29-13-18(30)11-19(29)23(31)27-15(3)16-7-9-17(26)10-8-16/h7-10,12,14-15,18-19,22-23,27,30-31H,11,13H2,1-6H3. The fourth-order valence-electron chi connectivity index (χ4n) is 4.31. The van der Waals surface area contributed by atoms with Crippen LogP contribution in [0.1, 0.15) is 76.9 Å². The first kappa shape index (κ1) is 25.7. The molecule has 0 bridgehead atoms. The molecular weight excluding hydrogens is 442 g/mol. The van der Waals surface area contributed by atoms with Gasteiger partial charge < -0.3 is 19.6 Å². The van der Waals surface area contributed by atoms with Gasteiger partial charge in [-0.25, -0.2) is 0 Å². The summed E-state index contributed by atoms with van der Waals surface area (Å²) in [4.78, 5) is 15.3. The van der Waals surface area contributed by atoms with Crippen molar-refractivity contribution < 1.29 is 19.5 Å². The lowest BCUT2D eigenvalue weighted by molar-refractivity contribution is -0.138. The number of nitrogens with zero attached hydrogens (tertiary/aromatic N) is 2. The number of nitrogens with one attached hydrogen (secondary N) is 1. The van der Waals surface area contributed by atoms with Gasteiger partial charge in [0.2, 0.25) is 5.91 Å². The highest BCUT2D eigenvalue weighted by Gasteiger charge is 2.43. The molecule has 1 aromatic carbocycles. The molecule has 33 heavy (non-hydrogen) atoms. The fraction of sp³-hybridized carbons (Fsp3) is 0.600. The molecule has 0 spiro atoms. The Morgan fingerprint density at radius 3 is 2.42 bits per heavy atom. The van der Waals surface area contributed by atoms with E-state index in [2.05, 4.69) is 10.5 Å². The molecule has 2 aromatic rings. The maximum absolute atomic E-state index is 13.7. The van der Waals surface area contributed by atoms with E-state index in [4.69, 9.17) is 16.1 Å². The van der Waals surface area contributed by atoms with Crippen molar-refractivity contribution >= 4 is 17.5 Å². The van der Waals surface area contributed by atoms with Gasteiger partial charge in [-0.05, 0) is 37.0 Å². The summed E-state index contributed by atoms with van der Waals surface area (Å²) >= 11 is 5.97. The number of carbonyl (C=O) groups excluding carboxylic acids is 1. The van der Waals surface area contributed by atoms with Crippen LogP contribution in [0, 0.1) is 5.92 Å². The molecule has 1 fully saturated rings. The maximum Gasteiger partial charge on any atom is 0.234 e. The van der Waals surface area contributed by atoms with Crippen molar-refractivity contribution in [2.75, 3.05) is 6.54 Å². The highest BCUT2D eigenvalue weighted by molar-refractivity contribution is 6.30. The maximum atomic E-state index is 13.7. The number of benzene rings is 1. The Labute approximate surface area is 201 Å². The van der Waals surface area contributed by atoms with Crippen LogP contribution < -0.4 is 5.32 Å². The van der Waals surface area contributed by atoms with Crippen molar-refractivity contribution in [2.24, 2.45) is 5.92 Å². The molecule has 5 unspecified atom stereocenters. The van der Waals surface area contributed by atoms with Crippen LogP contribution in [0.5, 0.6) is 0 Å². The monoisotopic (exact) mass is 477 g/mol. The number of halogens is 1. The third-order valence-corrected chi connectivity index (χ3v) is 6.55. The smallest absolute Gasteiger partial charge is 0.234 e. The molecule has 1 amide bonds. The Hall–Kier alpha value is -1.93. The molecule has 0 saturated carbocycles. The number of rotatable bonds is 7. The minimum Gasteiger partial charge on any atom is -0.391 e. The van der Waals surface area contributed by atoms with Gasteiger partial charge in [-0.1, -0.05) is 63.5 Å². The van der Waals surface area contributed by atoms with Crippen LogP contribution in [0.15, 0.2) is 34.9 Å². The molecule has 0 radical (unpaired) electrons. The van der Waals surface area contributed by atoms with Crippen LogP contribution in [0.25, 0.3) is 0 Å². The SMILES string of the molecule is CC(NC(O)C1CC(O)CN1C(=O)C(c1cc(C(C)(C)C)no1)C(C)C)c1ccc(Cl)cc1. The summed E-state index contributed by atoms with van der Waals surface area (Å²) < 4.78 is 5.60. The van der Waals surface area contributed by atoms with Crippen molar-refractivity contribution in [1.29, 1.82) is 0 Å². The summed E-state index contributed by atoms with van der Waals surface area (Å²) in [6.07, 6.45) is -1.42. The van der Waals surface area contributed by atoms with Gasteiger partial charge in [-0.2, -0.15) is 0 Å². The van der Waals surface area contributed by atoms with Gasteiger partial charge in [0, 0.05) is 29.1 Å². The molecule has 8 heteroatoms. The van der Waals surface area contributed by atoms with E-state index in [1.807, 2.05) is 59.7 Å². The lowest BCUT2D eigenvalue weighted by Gasteiger charge is -2.33. The Balaban J connectivity index is 1.79. The Morgan fingerprint density at radius 2 is 1.88 bits per heavy atom. The number of hydrogen-bond donors (Lipinski definition) is 3. The number of amides is 1. The molecule has 0 aliphatic carbocycles. The minimum absolute atomic E-state index is 0.0465. The van der Waals surface area contributed by atoms with Gasteiger partial charge in [-0.3, -0.25) is 10.1 Å². The van der Waals surface area contributed by atoms with E-state index in [1.54, 1.807) is 17.0 Å². The highest BCUT2D eigenvalue weighted by atomic mass is 35.5. The first-order chi connectivity index (χ1) is 15.4. The molecule has 1 saturated heterocycles. The van der Waals surface area contributed by atoms with Gasteiger partial charge in [0.1, 0.15) is 17.9 Å². The molecular formula is C25H36ClN3O4. The second-order valence-corrected chi connectivity index (χ2v) is 10.9. The van der Waals surface area contributed by atoms with Gasteiger partial charge in [-0.15, -0.1) is 0 Å². The van der Waals surface area contributed by atoms with E-state index in [1.165, 1.54) is 0 Å². The number of aliphatic hydroxyl groups is 2. The third-order valence-electron chi connectivity index (χ3n) is 6.30. The lowest BCUT2D eigenvalue weighted by Crippen LogP contribution is -2.51. The number of hydrogen-bond acceptors (Lipinski definition) is 6. The summed E-state index contributed by atoms with van der Waals surface area (Å²) in [5.74, 6) is -0.266. The molecule has 3 N–H and O–H groups in total. The zero-order valence-electron chi connectivity index (χ0n) is 20.2. The topological polar surface area (TPSA) is 98.8 Å². The number of aromatic nitrogens is 1. The summed E-state index contributed by atoms with van der Waals surface area (Å²) in [7, 11) is 0. The summed E-state index contributed by atoms with van der Waals surface area (Å²) in [5, 5.41) is 29.4. The predicted octanol–water partition coefficient (Wildman–Crippen LogP) is 4.00. The van der Waals surface area contributed by atoms with Crippen LogP contribution in [0.2, 0.25) is 5.02 Å². The largest absolute Gasteiger partial charge is 0.391 e. The van der Waals surface area contributed by atoms with Gasteiger partial charge in [0.05, 0.1) is 17.8 Å². The first-order valence-corrected chi connectivity index (χ1v) is 11.9. The second-order valence-electron chi connectivity index (χ2n) is 10.4. The first-order valence-electron chi connectivity index (χ1n) is 11.5. The van der Waals surface area contributed by atoms with Crippen LogP contribution in [-0.4, -0.2) is 51.1 Å². The van der Waals surface area contributed by atoms with Crippen molar-refractivity contribution in [1.82, 2.24) is 15.4 Å². The van der Waals surface area contributed by atoms with E-state index >= 15 is 0 Å². The van der Waals surface area contributed by atoms with Gasteiger partial charge in [0.15, 0.2) is 0 Å². The summed E-state index contributed by atoms with van der Waals surface area (Å²) in [6, 6.07) is 8.50. The van der Waals surface area contributed by atoms with Gasteiger partial charge in [0.25, 0.3) is 0 Å². The Kier molecular flexibility index (Phi) is 7.89. The average molecular weight is 478 g/mol. The third kappa shape index (κ3) is 5.96. The number of aliphatic hydroxyl groups excluding tert-OH is 2. The number of carbonyl (C=O) groups is 1.